The summed E-state index contributed by atoms with van der Waals surface area (Å²) in [7, 11) is 4.79. The zero-order chi connectivity index (χ0) is 17.1. The van der Waals surface area contributed by atoms with Crippen molar-refractivity contribution in [2.75, 3.05) is 21.3 Å². The number of aliphatic hydroxyl groups is 1. The Kier molecular flexibility index (Phi) is 4.92. The normalized spacial score (nSPS) is 19.0. The summed E-state index contributed by atoms with van der Waals surface area (Å²) >= 11 is 0. The number of methoxy groups -OCH3 is 3. The highest BCUT2D eigenvalue weighted by Crippen LogP contribution is 2.38. The van der Waals surface area contributed by atoms with E-state index in [1.807, 2.05) is 24.3 Å². The molecule has 0 saturated carbocycles. The predicted molar refractivity (Wildman–Crippen MR) is 91.8 cm³/mol. The lowest BCUT2D eigenvalue weighted by atomic mass is 10.1. The van der Waals surface area contributed by atoms with Gasteiger partial charge in [0.25, 0.3) is 0 Å². The maximum Gasteiger partial charge on any atom is 0.203 e. The van der Waals surface area contributed by atoms with Gasteiger partial charge in [-0.3, -0.25) is 0 Å². The molecule has 0 heterocycles. The number of nitrogens with one attached hydrogen (secondary N) is 1. The van der Waals surface area contributed by atoms with E-state index in [1.54, 1.807) is 21.3 Å². The molecule has 1 aliphatic rings. The molecule has 128 valence electrons. The van der Waals surface area contributed by atoms with Gasteiger partial charge in [0.1, 0.15) is 0 Å². The van der Waals surface area contributed by atoms with E-state index < -0.39 is 6.10 Å². The molecule has 0 fully saturated rings. The third kappa shape index (κ3) is 3.05. The van der Waals surface area contributed by atoms with Crippen LogP contribution in [-0.4, -0.2) is 32.5 Å². The average molecular weight is 329 g/mol. The van der Waals surface area contributed by atoms with E-state index in [9.17, 15) is 5.11 Å². The molecule has 0 bridgehead atoms. The molecule has 0 aliphatic heterocycles. The summed E-state index contributed by atoms with van der Waals surface area (Å²) in [5.74, 6) is 1.83. The van der Waals surface area contributed by atoms with Crippen molar-refractivity contribution in [3.63, 3.8) is 0 Å². The Balaban J connectivity index is 1.80. The van der Waals surface area contributed by atoms with Crippen molar-refractivity contribution in [2.45, 2.75) is 25.1 Å². The van der Waals surface area contributed by atoms with Gasteiger partial charge in [-0.25, -0.2) is 0 Å². The fourth-order valence-corrected chi connectivity index (χ4v) is 3.29. The Hall–Kier alpha value is -2.24. The third-order valence-electron chi connectivity index (χ3n) is 4.45. The van der Waals surface area contributed by atoms with Crippen LogP contribution >= 0.6 is 0 Å². The van der Waals surface area contributed by atoms with Gasteiger partial charge in [0.05, 0.1) is 33.5 Å². The van der Waals surface area contributed by atoms with Crippen LogP contribution < -0.4 is 19.5 Å². The van der Waals surface area contributed by atoms with Crippen molar-refractivity contribution < 1.29 is 19.3 Å². The van der Waals surface area contributed by atoms with E-state index in [2.05, 4.69) is 17.4 Å². The fraction of sp³-hybridized carbons (Fsp3) is 0.368. The Morgan fingerprint density at radius 1 is 1.04 bits per heavy atom. The van der Waals surface area contributed by atoms with Gasteiger partial charge >= 0.3 is 0 Å². The highest BCUT2D eigenvalue weighted by atomic mass is 16.5. The van der Waals surface area contributed by atoms with Gasteiger partial charge in [0.15, 0.2) is 11.5 Å². The van der Waals surface area contributed by atoms with Gasteiger partial charge in [0, 0.05) is 13.0 Å². The van der Waals surface area contributed by atoms with Crippen LogP contribution in [0.3, 0.4) is 0 Å². The van der Waals surface area contributed by atoms with Crippen LogP contribution in [-0.2, 0) is 13.0 Å². The molecule has 5 nitrogen and oxygen atoms in total. The molecule has 0 amide bonds. The molecule has 2 atom stereocenters. The minimum Gasteiger partial charge on any atom is -0.493 e. The van der Waals surface area contributed by atoms with Gasteiger partial charge < -0.3 is 24.6 Å². The summed E-state index contributed by atoms with van der Waals surface area (Å²) in [5, 5.41) is 13.8. The number of hydrogen-bond donors (Lipinski definition) is 2. The topological polar surface area (TPSA) is 60.0 Å². The number of rotatable bonds is 6. The van der Waals surface area contributed by atoms with Crippen LogP contribution in [0.4, 0.5) is 0 Å². The van der Waals surface area contributed by atoms with Crippen molar-refractivity contribution in [3.8, 4) is 17.2 Å². The number of ether oxygens (including phenoxy) is 3. The third-order valence-corrected chi connectivity index (χ3v) is 4.45. The van der Waals surface area contributed by atoms with Gasteiger partial charge in [-0.1, -0.05) is 24.3 Å². The van der Waals surface area contributed by atoms with Crippen molar-refractivity contribution >= 4 is 0 Å². The van der Waals surface area contributed by atoms with Gasteiger partial charge in [-0.15, -0.1) is 0 Å². The molecule has 0 spiro atoms. The first-order valence-electron chi connectivity index (χ1n) is 7.96. The van der Waals surface area contributed by atoms with Crippen LogP contribution in [0.5, 0.6) is 17.2 Å². The molecule has 2 aromatic rings. The molecule has 2 N–H and O–H groups in total. The molecular weight excluding hydrogens is 306 g/mol. The summed E-state index contributed by atoms with van der Waals surface area (Å²) in [6.45, 7) is 0.590. The number of fused-ring (bicyclic) bond motifs is 1. The van der Waals surface area contributed by atoms with Crippen molar-refractivity contribution in [3.05, 3.63) is 53.1 Å². The second kappa shape index (κ2) is 7.11. The van der Waals surface area contributed by atoms with Gasteiger partial charge in [-0.05, 0) is 28.8 Å². The van der Waals surface area contributed by atoms with Gasteiger partial charge in [0.2, 0.25) is 5.75 Å². The SMILES string of the molecule is COc1cc(CN[C@@H]2c3ccccc3C[C@@H]2O)cc(OC)c1OC. The molecule has 0 unspecified atom stereocenters. The van der Waals surface area contributed by atoms with Crippen LogP contribution in [0.15, 0.2) is 36.4 Å². The minimum absolute atomic E-state index is 0.0692. The molecular formula is C19H23NO4. The maximum atomic E-state index is 10.3. The number of aliphatic hydroxyl groups excluding tert-OH is 1. The minimum atomic E-state index is -0.413. The lowest BCUT2D eigenvalue weighted by Gasteiger charge is -2.19. The Bertz CT molecular complexity index is 691. The van der Waals surface area contributed by atoms with E-state index in [1.165, 1.54) is 5.56 Å². The van der Waals surface area contributed by atoms with E-state index in [0.29, 0.717) is 30.2 Å². The number of benzene rings is 2. The summed E-state index contributed by atoms with van der Waals surface area (Å²) in [5.41, 5.74) is 3.37. The molecule has 3 rings (SSSR count). The van der Waals surface area contributed by atoms with Gasteiger partial charge in [-0.2, -0.15) is 0 Å². The van der Waals surface area contributed by atoms with E-state index >= 15 is 0 Å². The summed E-state index contributed by atoms with van der Waals surface area (Å²) < 4.78 is 16.1. The zero-order valence-electron chi connectivity index (χ0n) is 14.2. The second-order valence-corrected chi connectivity index (χ2v) is 5.86. The molecule has 0 aromatic heterocycles. The Morgan fingerprint density at radius 2 is 1.71 bits per heavy atom. The predicted octanol–water partition coefficient (Wildman–Crippen LogP) is 2.46. The fourth-order valence-electron chi connectivity index (χ4n) is 3.29. The quantitative estimate of drug-likeness (QED) is 0.852. The van der Waals surface area contributed by atoms with Crippen LogP contribution in [0.25, 0.3) is 0 Å². The Labute approximate surface area is 142 Å². The van der Waals surface area contributed by atoms with Crippen LogP contribution in [0.1, 0.15) is 22.7 Å². The smallest absolute Gasteiger partial charge is 0.203 e. The summed E-state index contributed by atoms with van der Waals surface area (Å²) in [6, 6.07) is 11.9. The first-order chi connectivity index (χ1) is 11.7. The van der Waals surface area contributed by atoms with Crippen LogP contribution in [0.2, 0.25) is 0 Å². The second-order valence-electron chi connectivity index (χ2n) is 5.86. The van der Waals surface area contributed by atoms with Crippen molar-refractivity contribution in [1.29, 1.82) is 0 Å². The molecule has 0 saturated heterocycles. The largest absolute Gasteiger partial charge is 0.493 e. The van der Waals surface area contributed by atoms with Crippen LogP contribution in [0, 0.1) is 0 Å². The highest BCUT2D eigenvalue weighted by Gasteiger charge is 2.30. The molecule has 2 aromatic carbocycles. The van der Waals surface area contributed by atoms with E-state index in [0.717, 1.165) is 11.1 Å². The van der Waals surface area contributed by atoms with Crippen molar-refractivity contribution in [2.24, 2.45) is 0 Å². The van der Waals surface area contributed by atoms with Crippen molar-refractivity contribution in [1.82, 2.24) is 5.32 Å². The first-order valence-corrected chi connectivity index (χ1v) is 7.96. The molecule has 0 radical (unpaired) electrons. The standard InChI is InChI=1S/C19H23NO4/c1-22-16-8-12(9-17(23-2)19(16)24-3)11-20-18-14-7-5-4-6-13(14)10-15(18)21/h4-9,15,18,20-21H,10-11H2,1-3H3/t15-,18+/m0/s1. The highest BCUT2D eigenvalue weighted by molar-refractivity contribution is 5.53. The lowest BCUT2D eigenvalue weighted by Crippen LogP contribution is -2.28. The molecule has 5 heteroatoms. The maximum absolute atomic E-state index is 10.3. The number of hydrogen-bond acceptors (Lipinski definition) is 5. The average Bonchev–Trinajstić information content (AvgIpc) is 2.94. The first kappa shape index (κ1) is 16.6. The van der Waals surface area contributed by atoms with E-state index in [4.69, 9.17) is 14.2 Å². The monoisotopic (exact) mass is 329 g/mol. The summed E-state index contributed by atoms with van der Waals surface area (Å²) in [4.78, 5) is 0. The summed E-state index contributed by atoms with van der Waals surface area (Å²) in [6.07, 6.45) is 0.271. The molecule has 1 aliphatic carbocycles. The molecule has 24 heavy (non-hydrogen) atoms. The van der Waals surface area contributed by atoms with E-state index in [-0.39, 0.29) is 6.04 Å². The zero-order valence-corrected chi connectivity index (χ0v) is 14.2. The Morgan fingerprint density at radius 3 is 2.33 bits per heavy atom. The lowest BCUT2D eigenvalue weighted by molar-refractivity contribution is 0.140.